The minimum absolute atomic E-state index is 0.0490. The number of rotatable bonds is 7. The number of nitrogens with zero attached hydrogens (tertiary/aromatic N) is 3. The lowest BCUT2D eigenvalue weighted by Gasteiger charge is -2.41. The first-order valence-corrected chi connectivity index (χ1v) is 20.5. The van der Waals surface area contributed by atoms with E-state index in [0.717, 1.165) is 17.7 Å². The third kappa shape index (κ3) is 9.90. The highest BCUT2D eigenvalue weighted by Crippen LogP contribution is 2.31. The van der Waals surface area contributed by atoms with Crippen LogP contribution in [-0.2, 0) is 51.1 Å². The van der Waals surface area contributed by atoms with E-state index < -0.39 is 94.9 Å². The summed E-state index contributed by atoms with van der Waals surface area (Å²) in [5.74, 6) is -6.47. The number of esters is 1. The van der Waals surface area contributed by atoms with Gasteiger partial charge in [-0.3, -0.25) is 28.8 Å². The molecule has 59 heavy (non-hydrogen) atoms. The molecule has 6 rings (SSSR count). The van der Waals surface area contributed by atoms with Crippen molar-refractivity contribution in [2.75, 3.05) is 19.6 Å². The molecule has 0 bridgehead atoms. The molecule has 4 fully saturated rings. The summed E-state index contributed by atoms with van der Waals surface area (Å²) >= 11 is 0. The molecule has 0 aromatic heterocycles. The predicted octanol–water partition coefficient (Wildman–Crippen LogP) is 2.48. The van der Waals surface area contributed by atoms with Gasteiger partial charge < -0.3 is 35.4 Å². The Labute approximate surface area is 342 Å². The van der Waals surface area contributed by atoms with Crippen molar-refractivity contribution in [3.63, 3.8) is 0 Å². The highest BCUT2D eigenvalue weighted by atomic mass is 19.1. The van der Waals surface area contributed by atoms with Crippen LogP contribution in [0, 0.1) is 24.5 Å². The van der Waals surface area contributed by atoms with Crippen molar-refractivity contribution in [3.8, 4) is 0 Å². The third-order valence-electron chi connectivity index (χ3n) is 11.8. The van der Waals surface area contributed by atoms with Gasteiger partial charge in [-0.25, -0.2) is 13.6 Å². The van der Waals surface area contributed by atoms with Crippen LogP contribution in [0.5, 0.6) is 0 Å². The van der Waals surface area contributed by atoms with Crippen molar-refractivity contribution in [1.29, 1.82) is 0 Å². The smallest absolute Gasteiger partial charge is 0.329 e. The molecule has 0 saturated carbocycles. The van der Waals surface area contributed by atoms with E-state index in [9.17, 15) is 42.3 Å². The molecule has 4 saturated heterocycles. The number of aryl methyl sites for hydroxylation is 1. The first-order chi connectivity index (χ1) is 27.9. The zero-order valence-corrected chi connectivity index (χ0v) is 34.2. The maximum atomic E-state index is 14.9. The zero-order chi connectivity index (χ0) is 42.8. The van der Waals surface area contributed by atoms with E-state index in [1.165, 1.54) is 35.5 Å². The number of cyclic esters (lactones) is 1. The van der Waals surface area contributed by atoms with Crippen LogP contribution in [0.1, 0.15) is 82.9 Å². The fraction of sp³-hybridized carbons (Fsp3) is 0.558. The van der Waals surface area contributed by atoms with Crippen molar-refractivity contribution in [1.82, 2.24) is 30.7 Å². The monoisotopic (exact) mass is 820 g/mol. The number of fused-ring (bicyclic) bond motifs is 3. The van der Waals surface area contributed by atoms with Crippen LogP contribution in [0.3, 0.4) is 0 Å². The minimum Gasteiger partial charge on any atom is -0.455 e. The number of carbonyl (C=O) groups excluding carboxylic acids is 7. The normalized spacial score (nSPS) is 27.0. The summed E-state index contributed by atoms with van der Waals surface area (Å²) in [6.45, 7) is 8.75. The van der Waals surface area contributed by atoms with Gasteiger partial charge in [0.2, 0.25) is 35.4 Å². The highest BCUT2D eigenvalue weighted by Gasteiger charge is 2.50. The minimum atomic E-state index is -1.81. The maximum Gasteiger partial charge on any atom is 0.329 e. The summed E-state index contributed by atoms with van der Waals surface area (Å²) < 4.78 is 34.9. The Morgan fingerprint density at radius 1 is 0.831 bits per heavy atom. The summed E-state index contributed by atoms with van der Waals surface area (Å²) in [6, 6.07) is 2.79. The Morgan fingerprint density at radius 3 is 2.17 bits per heavy atom. The molecule has 4 aliphatic heterocycles. The number of hydrogen-bond donors (Lipinski definition) is 3. The summed E-state index contributed by atoms with van der Waals surface area (Å²) in [7, 11) is 0. The molecule has 14 nitrogen and oxygen atoms in total. The predicted molar refractivity (Wildman–Crippen MR) is 210 cm³/mol. The summed E-state index contributed by atoms with van der Waals surface area (Å²) in [5.41, 5.74) is -0.146. The molecule has 4 aliphatic rings. The number of hydrogen-bond acceptors (Lipinski definition) is 8. The van der Waals surface area contributed by atoms with Crippen LogP contribution in [0.25, 0.3) is 0 Å². The van der Waals surface area contributed by atoms with E-state index in [2.05, 4.69) is 16.0 Å². The number of ether oxygens (including phenoxy) is 1. The number of benzene rings is 2. The molecule has 4 heterocycles. The summed E-state index contributed by atoms with van der Waals surface area (Å²) in [5, 5.41) is 8.14. The van der Waals surface area contributed by atoms with Crippen LogP contribution in [-0.4, -0.2) is 118 Å². The van der Waals surface area contributed by atoms with Gasteiger partial charge in [-0.2, -0.15) is 0 Å². The molecular weight excluding hydrogens is 767 g/mol. The molecule has 0 radical (unpaired) electrons. The standard InChI is InChI=1S/C43H54F2N6O8/c1-24-11-13-27(14-12-24)21-35(52)47-31(20-28-18-29(44)22-30(45)19-28)37(53)48-36-41(57)50-16-8-10-33(50)40(56)49-15-7-6-9-32(49)38(54)46-26(3)39(55)51-23-25(2)17-34(51)42(58)59-43(36,4)5/h11-14,18-19,22,25-26,31-34,36H,6-10,15-17,20-21,23H2,1-5H3,(H,46,54)(H,47,52)(H,48,53)/t25-,26-,31-,32-,33-,34-,36+/m0/s1. The second-order valence-electron chi connectivity index (χ2n) is 17.0. The maximum absolute atomic E-state index is 14.9. The van der Waals surface area contributed by atoms with Gasteiger partial charge in [0.25, 0.3) is 0 Å². The molecule has 0 aliphatic carbocycles. The second-order valence-corrected chi connectivity index (χ2v) is 17.0. The molecule has 318 valence electrons. The van der Waals surface area contributed by atoms with Crippen molar-refractivity contribution in [2.45, 2.75) is 128 Å². The number of amides is 6. The fourth-order valence-electron chi connectivity index (χ4n) is 8.72. The largest absolute Gasteiger partial charge is 0.455 e. The average Bonchev–Trinajstić information content (AvgIpc) is 3.83. The van der Waals surface area contributed by atoms with E-state index >= 15 is 0 Å². The van der Waals surface area contributed by atoms with Gasteiger partial charge in [0.15, 0.2) is 0 Å². The van der Waals surface area contributed by atoms with Crippen molar-refractivity contribution in [2.24, 2.45) is 5.92 Å². The van der Waals surface area contributed by atoms with Gasteiger partial charge in [0, 0.05) is 32.1 Å². The van der Waals surface area contributed by atoms with Gasteiger partial charge in [-0.05, 0) is 95.4 Å². The molecule has 3 N–H and O–H groups in total. The van der Waals surface area contributed by atoms with Crippen molar-refractivity contribution >= 4 is 41.4 Å². The first kappa shape index (κ1) is 43.2. The highest BCUT2D eigenvalue weighted by molar-refractivity contribution is 5.98. The Morgan fingerprint density at radius 2 is 1.47 bits per heavy atom. The number of nitrogens with one attached hydrogen (secondary N) is 3. The van der Waals surface area contributed by atoms with E-state index in [0.29, 0.717) is 37.3 Å². The Balaban J connectivity index is 1.37. The summed E-state index contributed by atoms with van der Waals surface area (Å²) in [6.07, 6.45) is 2.08. The van der Waals surface area contributed by atoms with Gasteiger partial charge >= 0.3 is 5.97 Å². The zero-order valence-electron chi connectivity index (χ0n) is 34.2. The van der Waals surface area contributed by atoms with Gasteiger partial charge in [0.05, 0.1) is 6.42 Å². The van der Waals surface area contributed by atoms with E-state index in [1.807, 2.05) is 26.0 Å². The molecule has 16 heteroatoms. The van der Waals surface area contributed by atoms with E-state index in [-0.39, 0.29) is 56.8 Å². The molecular formula is C43H54F2N6O8. The van der Waals surface area contributed by atoms with Crippen LogP contribution < -0.4 is 16.0 Å². The molecule has 2 aromatic rings. The molecule has 0 unspecified atom stereocenters. The van der Waals surface area contributed by atoms with Crippen molar-refractivity contribution in [3.05, 3.63) is 70.8 Å². The molecule has 7 atom stereocenters. The van der Waals surface area contributed by atoms with Crippen LogP contribution in [0.2, 0.25) is 0 Å². The lowest BCUT2D eigenvalue weighted by atomic mass is 9.94. The van der Waals surface area contributed by atoms with Gasteiger partial charge in [-0.15, -0.1) is 0 Å². The lowest BCUT2D eigenvalue weighted by Crippen LogP contribution is -2.65. The average molecular weight is 821 g/mol. The first-order valence-electron chi connectivity index (χ1n) is 20.5. The number of halogens is 2. The Hall–Kier alpha value is -5.41. The van der Waals surface area contributed by atoms with E-state index in [1.54, 1.807) is 12.1 Å². The van der Waals surface area contributed by atoms with Crippen molar-refractivity contribution < 1.29 is 47.1 Å². The third-order valence-corrected chi connectivity index (χ3v) is 11.8. The number of piperidine rings is 1. The lowest BCUT2D eigenvalue weighted by molar-refractivity contribution is -0.172. The van der Waals surface area contributed by atoms with Crippen LogP contribution >= 0.6 is 0 Å². The number of carbonyl (C=O) groups is 7. The fourth-order valence-corrected chi connectivity index (χ4v) is 8.72. The van der Waals surface area contributed by atoms with Gasteiger partial charge in [-0.1, -0.05) is 36.8 Å². The Bertz CT molecular complexity index is 1960. The second kappa shape index (κ2) is 17.8. The topological polar surface area (TPSA) is 175 Å². The SMILES string of the molecule is Cc1ccc(CC(=O)N[C@@H](Cc2cc(F)cc(F)c2)C(=O)N[C@@H]2C(=O)N3CCC[C@H]3C(=O)N3CCCC[C@H]3C(=O)N[C@@H](C)C(=O)N3C[C@@H](C)C[C@H]3C(=O)OC2(C)C)cc1. The van der Waals surface area contributed by atoms with Gasteiger partial charge in [0.1, 0.15) is 53.5 Å². The molecule has 0 spiro atoms. The molecule has 6 amide bonds. The quantitative estimate of drug-likeness (QED) is 0.358. The van der Waals surface area contributed by atoms with E-state index in [4.69, 9.17) is 4.74 Å². The molecule has 2 aromatic carbocycles. The summed E-state index contributed by atoms with van der Waals surface area (Å²) in [4.78, 5) is 103. The Kier molecular flexibility index (Phi) is 13.1. The van der Waals surface area contributed by atoms with Crippen LogP contribution in [0.4, 0.5) is 8.78 Å². The van der Waals surface area contributed by atoms with Crippen LogP contribution in [0.15, 0.2) is 42.5 Å².